The molecule has 0 N–H and O–H groups in total. The van der Waals surface area contributed by atoms with Gasteiger partial charge in [-0.15, -0.1) is 0 Å². The second-order valence-corrected chi connectivity index (χ2v) is 9.30. The molecule has 3 heteroatoms. The van der Waals surface area contributed by atoms with E-state index in [2.05, 4.69) is 57.2 Å². The lowest BCUT2D eigenvalue weighted by molar-refractivity contribution is 0.305. The third-order valence-electron chi connectivity index (χ3n) is 6.45. The standard InChI is InChI=1S/C28H28FNO.C3H8/c1-2-20-6-5-14-30-28(20)25-17-23-16-22(24-7-3-4-8-26(24)29)12-11-21(23)18-27(25)31-15-13-19-9-10-19;1-3-2/h3-4,7-12,16-20H,2,5-6,13-15H2,1H3;3H2,1-2H3. The molecule has 3 aromatic carbocycles. The third kappa shape index (κ3) is 5.75. The second kappa shape index (κ2) is 11.5. The van der Waals surface area contributed by atoms with Gasteiger partial charge in [0.2, 0.25) is 0 Å². The summed E-state index contributed by atoms with van der Waals surface area (Å²) in [5.74, 6) is 1.79. The van der Waals surface area contributed by atoms with Crippen molar-refractivity contribution in [2.75, 3.05) is 13.2 Å². The number of fused-ring (bicyclic) bond motifs is 1. The molecule has 0 aromatic heterocycles. The maximum Gasteiger partial charge on any atom is 0.131 e. The van der Waals surface area contributed by atoms with Crippen molar-refractivity contribution in [3.05, 3.63) is 78.1 Å². The van der Waals surface area contributed by atoms with Crippen LogP contribution in [0.25, 0.3) is 21.9 Å². The summed E-state index contributed by atoms with van der Waals surface area (Å²) in [5.41, 5.74) is 3.80. The minimum atomic E-state index is -0.196. The number of rotatable bonds is 7. The van der Waals surface area contributed by atoms with Gasteiger partial charge in [0.05, 0.1) is 6.61 Å². The molecule has 0 amide bonds. The monoisotopic (exact) mass is 457 g/mol. The number of benzene rings is 3. The van der Waals surface area contributed by atoms with Crippen molar-refractivity contribution in [3.8, 4) is 16.9 Å². The number of ether oxygens (including phenoxy) is 1. The molecule has 0 radical (unpaired) electrons. The van der Waals surface area contributed by atoms with Crippen LogP contribution in [0.15, 0.2) is 71.7 Å². The highest BCUT2D eigenvalue weighted by Crippen LogP contribution is 2.35. The first-order chi connectivity index (χ1) is 16.6. The Labute approximate surface area is 203 Å². The number of hydrogen-bond acceptors (Lipinski definition) is 2. The van der Waals surface area contributed by atoms with Crippen molar-refractivity contribution >= 4 is 16.5 Å². The van der Waals surface area contributed by atoms with Gasteiger partial charge in [-0.3, -0.25) is 4.99 Å². The maximum absolute atomic E-state index is 14.4. The lowest BCUT2D eigenvalue weighted by Crippen LogP contribution is -2.21. The molecule has 2 nitrogen and oxygen atoms in total. The van der Waals surface area contributed by atoms with Crippen LogP contribution in [0, 0.1) is 17.7 Å². The Hall–Kier alpha value is -2.94. The Kier molecular flexibility index (Phi) is 8.16. The van der Waals surface area contributed by atoms with Gasteiger partial charge in [-0.05, 0) is 72.2 Å². The summed E-state index contributed by atoms with van der Waals surface area (Å²) in [6.45, 7) is 8.07. The lowest BCUT2D eigenvalue weighted by atomic mass is 9.86. The minimum Gasteiger partial charge on any atom is -0.493 e. The van der Waals surface area contributed by atoms with E-state index in [1.165, 1.54) is 24.6 Å². The zero-order chi connectivity index (χ0) is 23.9. The smallest absolute Gasteiger partial charge is 0.131 e. The number of halogens is 1. The van der Waals surface area contributed by atoms with Crippen LogP contribution in [0.5, 0.6) is 5.75 Å². The minimum absolute atomic E-state index is 0.196. The number of nitrogens with zero attached hydrogens (tertiary/aromatic N) is 1. The first kappa shape index (κ1) is 24.2. The Morgan fingerprint density at radius 1 is 0.941 bits per heavy atom. The van der Waals surface area contributed by atoms with Crippen LogP contribution < -0.4 is 4.74 Å². The van der Waals surface area contributed by atoms with E-state index in [4.69, 9.17) is 9.73 Å². The summed E-state index contributed by atoms with van der Waals surface area (Å²) in [4.78, 5) is 4.93. The molecule has 0 bridgehead atoms. The number of hydrogen-bond donors (Lipinski definition) is 0. The summed E-state index contributed by atoms with van der Waals surface area (Å²) >= 11 is 0. The van der Waals surface area contributed by atoms with Crippen LogP contribution in [0.3, 0.4) is 0 Å². The molecule has 0 fully saturated rings. The summed E-state index contributed by atoms with van der Waals surface area (Å²) in [5, 5.41) is 2.20. The molecule has 1 aliphatic heterocycles. The van der Waals surface area contributed by atoms with E-state index in [1.54, 1.807) is 6.07 Å². The van der Waals surface area contributed by atoms with Crippen LogP contribution in [0.2, 0.25) is 0 Å². The summed E-state index contributed by atoms with van der Waals surface area (Å²) in [6.07, 6.45) is 10.1. The van der Waals surface area contributed by atoms with Gasteiger partial charge in [-0.1, -0.05) is 69.7 Å². The van der Waals surface area contributed by atoms with E-state index >= 15 is 0 Å². The molecule has 2 aliphatic rings. The quantitative estimate of drug-likeness (QED) is 0.325. The fourth-order valence-corrected chi connectivity index (χ4v) is 4.54. The van der Waals surface area contributed by atoms with Gasteiger partial charge in [0, 0.05) is 29.3 Å². The highest BCUT2D eigenvalue weighted by molar-refractivity contribution is 6.08. The van der Waals surface area contributed by atoms with E-state index < -0.39 is 0 Å². The van der Waals surface area contributed by atoms with E-state index in [1.807, 2.05) is 18.2 Å². The van der Waals surface area contributed by atoms with Crippen molar-refractivity contribution < 1.29 is 9.13 Å². The van der Waals surface area contributed by atoms with Crippen LogP contribution in [0.1, 0.15) is 58.4 Å². The van der Waals surface area contributed by atoms with Crippen molar-refractivity contribution in [3.63, 3.8) is 0 Å². The first-order valence-electron chi connectivity index (χ1n) is 12.8. The summed E-state index contributed by atoms with van der Waals surface area (Å²) < 4.78 is 20.7. The lowest BCUT2D eigenvalue weighted by Gasteiger charge is -2.24. The molecule has 1 heterocycles. The molecule has 1 unspecified atom stereocenters. The molecular formula is C31H36FNO. The average molecular weight is 458 g/mol. The zero-order valence-corrected chi connectivity index (χ0v) is 20.7. The Balaban J connectivity index is 0.000000868. The van der Waals surface area contributed by atoms with Gasteiger partial charge in [-0.2, -0.15) is 0 Å². The van der Waals surface area contributed by atoms with E-state index in [-0.39, 0.29) is 5.82 Å². The Bertz CT molecular complexity index is 1170. The van der Waals surface area contributed by atoms with Crippen molar-refractivity contribution in [1.82, 2.24) is 0 Å². The van der Waals surface area contributed by atoms with Gasteiger partial charge in [0.25, 0.3) is 0 Å². The average Bonchev–Trinajstić information content (AvgIpc) is 3.68. The summed E-state index contributed by atoms with van der Waals surface area (Å²) in [7, 11) is 0. The van der Waals surface area contributed by atoms with E-state index in [9.17, 15) is 4.39 Å². The molecule has 1 atom stereocenters. The van der Waals surface area contributed by atoms with Gasteiger partial charge in [0.15, 0.2) is 0 Å². The molecule has 3 aromatic rings. The molecule has 1 aliphatic carbocycles. The van der Waals surface area contributed by atoms with Gasteiger partial charge in [-0.25, -0.2) is 4.39 Å². The van der Waals surface area contributed by atoms with Gasteiger partial charge >= 0.3 is 0 Å². The van der Waals surface area contributed by atoms with Crippen molar-refractivity contribution in [2.45, 2.75) is 52.9 Å². The normalized spacial score (nSPS) is 17.2. The molecule has 178 valence electrons. The molecule has 0 spiro atoms. The number of allylic oxidation sites excluding steroid dienone is 2. The Morgan fingerprint density at radius 3 is 2.47 bits per heavy atom. The fourth-order valence-electron chi connectivity index (χ4n) is 4.54. The summed E-state index contributed by atoms with van der Waals surface area (Å²) in [6, 6.07) is 17.4. The van der Waals surface area contributed by atoms with Crippen LogP contribution in [-0.2, 0) is 0 Å². The van der Waals surface area contributed by atoms with Crippen LogP contribution in [0.4, 0.5) is 4.39 Å². The van der Waals surface area contributed by atoms with Gasteiger partial charge < -0.3 is 4.74 Å². The zero-order valence-electron chi connectivity index (χ0n) is 20.7. The molecule has 34 heavy (non-hydrogen) atoms. The van der Waals surface area contributed by atoms with Crippen LogP contribution in [-0.4, -0.2) is 18.9 Å². The highest BCUT2D eigenvalue weighted by atomic mass is 19.1. The van der Waals surface area contributed by atoms with Crippen molar-refractivity contribution in [2.24, 2.45) is 16.8 Å². The largest absolute Gasteiger partial charge is 0.493 e. The molecule has 0 saturated heterocycles. The van der Waals surface area contributed by atoms with E-state index in [0.29, 0.717) is 24.0 Å². The maximum atomic E-state index is 14.4. The fraction of sp³-hybridized carbons (Fsp3) is 0.387. The van der Waals surface area contributed by atoms with Crippen LogP contribution >= 0.6 is 0 Å². The van der Waals surface area contributed by atoms with E-state index in [0.717, 1.165) is 53.5 Å². The third-order valence-corrected chi connectivity index (χ3v) is 6.45. The highest BCUT2D eigenvalue weighted by Gasteiger charge is 2.23. The van der Waals surface area contributed by atoms with Gasteiger partial charge in [0.1, 0.15) is 11.6 Å². The Morgan fingerprint density at radius 2 is 1.74 bits per heavy atom. The molecular weight excluding hydrogens is 421 g/mol. The molecule has 5 rings (SSSR count). The van der Waals surface area contributed by atoms with Crippen molar-refractivity contribution in [1.29, 1.82) is 0 Å². The second-order valence-electron chi connectivity index (χ2n) is 9.30. The topological polar surface area (TPSA) is 21.6 Å². The number of aliphatic imine (C=N–C) groups is 1. The molecule has 0 saturated carbocycles. The SMILES string of the molecule is CCC.CCC1CCCN=C1c1cc2cc(-c3ccccc3F)ccc2cc1OCCC1C=C1. The predicted octanol–water partition coefficient (Wildman–Crippen LogP) is 8.63. The first-order valence-corrected chi connectivity index (χ1v) is 12.8. The predicted molar refractivity (Wildman–Crippen MR) is 142 cm³/mol.